The first-order valence-corrected chi connectivity index (χ1v) is 5.89. The molecule has 1 fully saturated rings. The average molecular weight is 223 g/mol. The van der Waals surface area contributed by atoms with Crippen LogP contribution in [-0.4, -0.2) is 28.8 Å². The van der Waals surface area contributed by atoms with Crippen LogP contribution in [0.2, 0.25) is 0 Å². The van der Waals surface area contributed by atoms with Gasteiger partial charge in [0.05, 0.1) is 7.11 Å². The van der Waals surface area contributed by atoms with Crippen LogP contribution in [0.25, 0.3) is 0 Å². The molecule has 3 atom stereocenters. The molecule has 0 aliphatic carbocycles. The fraction of sp³-hybridized carbons (Fsp3) is 1.00. The summed E-state index contributed by atoms with van der Waals surface area (Å²) in [5, 5.41) is 1.65. The van der Waals surface area contributed by atoms with Crippen LogP contribution in [0.4, 0.5) is 0 Å². The van der Waals surface area contributed by atoms with E-state index in [2.05, 4.69) is 6.92 Å². The topological polar surface area (TPSA) is 59.0 Å². The summed E-state index contributed by atoms with van der Waals surface area (Å²) in [6.07, 6.45) is 0.291. The zero-order chi connectivity index (χ0) is 10.9. The van der Waals surface area contributed by atoms with Gasteiger partial charge in [0.2, 0.25) is 0 Å². The smallest absolute Gasteiger partial charge is 0.318 e. The van der Waals surface area contributed by atoms with Gasteiger partial charge in [0.1, 0.15) is 6.23 Å². The van der Waals surface area contributed by atoms with Crippen LogP contribution in [-0.2, 0) is 13.9 Å². The Morgan fingerprint density at radius 2 is 2.14 bits per heavy atom. The highest BCUT2D eigenvalue weighted by Crippen LogP contribution is 2.41. The lowest BCUT2D eigenvalue weighted by molar-refractivity contribution is -0.236. The molecule has 5 nitrogen and oxygen atoms in total. The molecule has 0 aromatic heterocycles. The molecule has 1 heterocycles. The first kappa shape index (κ1) is 12.1. The standard InChI is InChI=1S/C8H18NO4P/c1-6-5-7(13-14(10)11)9(12-4)8(6,2)3/h6-7,14H,5H2,1-4H3,(H,10,11). The second-order valence-corrected chi connectivity index (χ2v) is 4.90. The molecule has 14 heavy (non-hydrogen) atoms. The molecule has 0 bridgehead atoms. The molecule has 0 spiro atoms. The van der Waals surface area contributed by atoms with Crippen LogP contribution in [0.3, 0.4) is 0 Å². The molecule has 1 N–H and O–H groups in total. The molecule has 84 valence electrons. The van der Waals surface area contributed by atoms with Crippen LogP contribution in [0.1, 0.15) is 27.2 Å². The van der Waals surface area contributed by atoms with Crippen LogP contribution in [0.15, 0.2) is 0 Å². The van der Waals surface area contributed by atoms with Gasteiger partial charge in [0.25, 0.3) is 0 Å². The minimum Gasteiger partial charge on any atom is -0.326 e. The van der Waals surface area contributed by atoms with Crippen molar-refractivity contribution in [3.05, 3.63) is 0 Å². The summed E-state index contributed by atoms with van der Waals surface area (Å²) in [7, 11) is -1.36. The van der Waals surface area contributed by atoms with Crippen molar-refractivity contribution in [2.45, 2.75) is 39.0 Å². The van der Waals surface area contributed by atoms with Crippen molar-refractivity contribution in [3.8, 4) is 0 Å². The van der Waals surface area contributed by atoms with E-state index in [1.54, 1.807) is 12.2 Å². The van der Waals surface area contributed by atoms with Crippen molar-refractivity contribution in [1.29, 1.82) is 0 Å². The van der Waals surface area contributed by atoms with Gasteiger partial charge in [-0.1, -0.05) is 6.92 Å². The molecule has 1 saturated heterocycles. The Kier molecular flexibility index (Phi) is 3.72. The zero-order valence-corrected chi connectivity index (χ0v) is 9.98. The molecule has 0 amide bonds. The van der Waals surface area contributed by atoms with E-state index in [0.717, 1.165) is 0 Å². The molecule has 0 aromatic carbocycles. The first-order chi connectivity index (χ1) is 6.39. The minimum absolute atomic E-state index is 0.170. The minimum atomic E-state index is -2.90. The maximum absolute atomic E-state index is 10.6. The summed E-state index contributed by atoms with van der Waals surface area (Å²) in [6, 6.07) is 0. The molecule has 1 rings (SSSR count). The van der Waals surface area contributed by atoms with E-state index in [4.69, 9.17) is 14.3 Å². The van der Waals surface area contributed by atoms with Crippen molar-refractivity contribution in [1.82, 2.24) is 5.06 Å². The van der Waals surface area contributed by atoms with Crippen molar-refractivity contribution < 1.29 is 18.8 Å². The monoisotopic (exact) mass is 223 g/mol. The molecular weight excluding hydrogens is 205 g/mol. The molecule has 1 aliphatic rings. The quantitative estimate of drug-likeness (QED) is 0.733. The first-order valence-electron chi connectivity index (χ1n) is 4.62. The van der Waals surface area contributed by atoms with Gasteiger partial charge in [-0.05, 0) is 26.2 Å². The van der Waals surface area contributed by atoms with Crippen LogP contribution in [0.5, 0.6) is 0 Å². The predicted molar refractivity (Wildman–Crippen MR) is 52.8 cm³/mol. The highest BCUT2D eigenvalue weighted by atomic mass is 31.1. The van der Waals surface area contributed by atoms with E-state index >= 15 is 0 Å². The van der Waals surface area contributed by atoms with Gasteiger partial charge in [-0.15, -0.1) is 0 Å². The average Bonchev–Trinajstić information content (AvgIpc) is 2.21. The fourth-order valence-electron chi connectivity index (χ4n) is 1.84. The molecule has 3 unspecified atom stereocenters. The molecule has 0 saturated carbocycles. The predicted octanol–water partition coefficient (Wildman–Crippen LogP) is 1.39. The SMILES string of the molecule is CON1C(O[PH](=O)O)CC(C)C1(C)C. The lowest BCUT2D eigenvalue weighted by Gasteiger charge is -2.34. The van der Waals surface area contributed by atoms with Crippen molar-refractivity contribution in [3.63, 3.8) is 0 Å². The van der Waals surface area contributed by atoms with Gasteiger partial charge in [-0.3, -0.25) is 13.9 Å². The molecule has 1 aliphatic heterocycles. The Labute approximate surface area is 84.9 Å². The molecule has 0 aromatic rings. The second-order valence-electron chi connectivity index (χ2n) is 4.14. The van der Waals surface area contributed by atoms with Crippen LogP contribution in [0, 0.1) is 5.92 Å². The van der Waals surface area contributed by atoms with Crippen molar-refractivity contribution >= 4 is 8.25 Å². The van der Waals surface area contributed by atoms with Gasteiger partial charge in [-0.25, -0.2) is 0 Å². The highest BCUT2D eigenvalue weighted by molar-refractivity contribution is 7.32. The van der Waals surface area contributed by atoms with Crippen LogP contribution < -0.4 is 0 Å². The summed E-state index contributed by atoms with van der Waals surface area (Å²) < 4.78 is 15.5. The molecular formula is C8H18NO4P. The third-order valence-electron chi connectivity index (χ3n) is 3.02. The third kappa shape index (κ3) is 2.18. The summed E-state index contributed by atoms with van der Waals surface area (Å²) in [5.74, 6) is 0.355. The van der Waals surface area contributed by atoms with Gasteiger partial charge >= 0.3 is 8.25 Å². The van der Waals surface area contributed by atoms with Gasteiger partial charge < -0.3 is 4.89 Å². The summed E-state index contributed by atoms with van der Waals surface area (Å²) in [4.78, 5) is 13.9. The van der Waals surface area contributed by atoms with E-state index in [1.165, 1.54) is 0 Å². The largest absolute Gasteiger partial charge is 0.326 e. The Bertz CT molecular complexity index is 233. The lowest BCUT2D eigenvalue weighted by atomic mass is 9.91. The zero-order valence-electron chi connectivity index (χ0n) is 8.98. The molecule has 6 heteroatoms. The van der Waals surface area contributed by atoms with E-state index < -0.39 is 14.5 Å². The lowest BCUT2D eigenvalue weighted by Crippen LogP contribution is -2.44. The van der Waals surface area contributed by atoms with E-state index in [1.807, 2.05) is 13.8 Å². The third-order valence-corrected chi connectivity index (χ3v) is 3.50. The summed E-state index contributed by atoms with van der Waals surface area (Å²) >= 11 is 0. The highest BCUT2D eigenvalue weighted by Gasteiger charge is 2.46. The number of hydrogen-bond donors (Lipinski definition) is 1. The summed E-state index contributed by atoms with van der Waals surface area (Å²) in [6.45, 7) is 6.13. The fourth-order valence-corrected chi connectivity index (χ4v) is 2.26. The Morgan fingerprint density at radius 3 is 2.57 bits per heavy atom. The number of rotatable bonds is 3. The van der Waals surface area contributed by atoms with Crippen molar-refractivity contribution in [2.75, 3.05) is 7.11 Å². The van der Waals surface area contributed by atoms with Crippen LogP contribution >= 0.6 is 8.25 Å². The molecule has 0 radical (unpaired) electrons. The van der Waals surface area contributed by atoms with Gasteiger partial charge in [-0.2, -0.15) is 5.06 Å². The maximum Gasteiger partial charge on any atom is 0.318 e. The Morgan fingerprint density at radius 1 is 1.57 bits per heavy atom. The maximum atomic E-state index is 10.6. The Hall–Kier alpha value is 0.0700. The normalized spacial score (nSPS) is 34.6. The van der Waals surface area contributed by atoms with Crippen molar-refractivity contribution in [2.24, 2.45) is 5.92 Å². The number of hydrogen-bond acceptors (Lipinski definition) is 4. The second kappa shape index (κ2) is 4.29. The van der Waals surface area contributed by atoms with Gasteiger partial charge in [0.15, 0.2) is 0 Å². The number of hydroxylamine groups is 2. The van der Waals surface area contributed by atoms with E-state index in [-0.39, 0.29) is 5.54 Å². The van der Waals surface area contributed by atoms with E-state index in [9.17, 15) is 4.57 Å². The summed E-state index contributed by atoms with van der Waals surface area (Å²) in [5.41, 5.74) is -0.170. The number of nitrogens with zero attached hydrogens (tertiary/aromatic N) is 1. The van der Waals surface area contributed by atoms with E-state index in [0.29, 0.717) is 12.3 Å². The Balaban J connectivity index is 2.75. The van der Waals surface area contributed by atoms with Gasteiger partial charge in [0, 0.05) is 5.54 Å².